The van der Waals surface area contributed by atoms with Gasteiger partial charge in [-0.3, -0.25) is 4.79 Å². The highest BCUT2D eigenvalue weighted by Crippen LogP contribution is 2.20. The van der Waals surface area contributed by atoms with Gasteiger partial charge in [0.1, 0.15) is 11.5 Å². The molecule has 19 heavy (non-hydrogen) atoms. The molecule has 1 fully saturated rings. The average Bonchev–Trinajstić information content (AvgIpc) is 2.86. The zero-order valence-corrected chi connectivity index (χ0v) is 10.9. The third kappa shape index (κ3) is 4.13. The van der Waals surface area contributed by atoms with Gasteiger partial charge in [-0.15, -0.1) is 0 Å². The van der Waals surface area contributed by atoms with E-state index in [4.69, 9.17) is 0 Å². The summed E-state index contributed by atoms with van der Waals surface area (Å²) in [4.78, 5) is 14.2. The lowest BCUT2D eigenvalue weighted by molar-refractivity contribution is 0.0951. The molecule has 0 saturated carbocycles. The van der Waals surface area contributed by atoms with Gasteiger partial charge in [0.25, 0.3) is 5.91 Å². The minimum Gasteiger partial charge on any atom is -0.508 e. The Balaban J connectivity index is 1.74. The van der Waals surface area contributed by atoms with Crippen LogP contribution < -0.4 is 5.32 Å². The van der Waals surface area contributed by atoms with Crippen molar-refractivity contribution in [1.82, 2.24) is 10.2 Å². The van der Waals surface area contributed by atoms with Gasteiger partial charge in [0.15, 0.2) is 0 Å². The van der Waals surface area contributed by atoms with Crippen LogP contribution in [-0.2, 0) is 0 Å². The number of carbonyl (C=O) groups excluding carboxylic acids is 1. The number of aromatic hydroxyl groups is 2. The van der Waals surface area contributed by atoms with Crippen LogP contribution in [0.5, 0.6) is 11.5 Å². The molecule has 1 aromatic rings. The van der Waals surface area contributed by atoms with E-state index in [1.165, 1.54) is 31.0 Å². The Labute approximate surface area is 112 Å². The molecule has 5 heteroatoms. The second kappa shape index (κ2) is 6.43. The molecule has 0 aliphatic carbocycles. The number of phenolic OH excluding ortho intramolecular Hbond substituents is 2. The molecule has 104 valence electrons. The number of nitrogens with one attached hydrogen (secondary N) is 1. The van der Waals surface area contributed by atoms with Crippen molar-refractivity contribution in [3.63, 3.8) is 0 Å². The van der Waals surface area contributed by atoms with Crippen LogP contribution in [0.3, 0.4) is 0 Å². The van der Waals surface area contributed by atoms with E-state index in [0.717, 1.165) is 26.1 Å². The highest BCUT2D eigenvalue weighted by Gasteiger charge is 2.11. The zero-order valence-electron chi connectivity index (χ0n) is 10.9. The van der Waals surface area contributed by atoms with Gasteiger partial charge in [0.05, 0.1) is 0 Å². The zero-order chi connectivity index (χ0) is 13.7. The molecule has 1 aliphatic rings. The van der Waals surface area contributed by atoms with E-state index in [2.05, 4.69) is 10.2 Å². The molecule has 3 N–H and O–H groups in total. The largest absolute Gasteiger partial charge is 0.508 e. The first-order valence-electron chi connectivity index (χ1n) is 6.69. The van der Waals surface area contributed by atoms with Crippen LogP contribution in [0.2, 0.25) is 0 Å². The van der Waals surface area contributed by atoms with Crippen molar-refractivity contribution < 1.29 is 15.0 Å². The monoisotopic (exact) mass is 264 g/mol. The molecule has 1 aromatic carbocycles. The lowest BCUT2D eigenvalue weighted by atomic mass is 10.2. The minimum atomic E-state index is -0.271. The Morgan fingerprint density at radius 3 is 2.42 bits per heavy atom. The summed E-state index contributed by atoms with van der Waals surface area (Å²) in [5.74, 6) is -0.489. The number of amides is 1. The molecule has 0 bridgehead atoms. The maximum atomic E-state index is 11.8. The summed E-state index contributed by atoms with van der Waals surface area (Å²) in [5.41, 5.74) is 0.277. The topological polar surface area (TPSA) is 72.8 Å². The van der Waals surface area contributed by atoms with E-state index in [1.807, 2.05) is 0 Å². The normalized spacial score (nSPS) is 15.6. The third-order valence-electron chi connectivity index (χ3n) is 3.30. The maximum absolute atomic E-state index is 11.8. The molecule has 0 radical (unpaired) electrons. The SMILES string of the molecule is O=C(NCCCN1CCCC1)c1cc(O)cc(O)c1. The van der Waals surface area contributed by atoms with Crippen LogP contribution in [-0.4, -0.2) is 47.2 Å². The molecule has 1 amide bonds. The number of carbonyl (C=O) groups is 1. The fourth-order valence-electron chi connectivity index (χ4n) is 2.34. The van der Waals surface area contributed by atoms with Crippen molar-refractivity contribution in [3.05, 3.63) is 23.8 Å². The Morgan fingerprint density at radius 2 is 1.79 bits per heavy atom. The molecule has 1 saturated heterocycles. The average molecular weight is 264 g/mol. The van der Waals surface area contributed by atoms with Gasteiger partial charge in [-0.05, 0) is 51.0 Å². The number of rotatable bonds is 5. The minimum absolute atomic E-state index is 0.109. The van der Waals surface area contributed by atoms with E-state index in [9.17, 15) is 15.0 Å². The van der Waals surface area contributed by atoms with Gasteiger partial charge in [-0.25, -0.2) is 0 Å². The summed E-state index contributed by atoms with van der Waals surface area (Å²) in [6.45, 7) is 3.93. The molecule has 1 aliphatic heterocycles. The number of likely N-dealkylation sites (tertiary alicyclic amines) is 1. The van der Waals surface area contributed by atoms with Crippen LogP contribution in [0, 0.1) is 0 Å². The van der Waals surface area contributed by atoms with Gasteiger partial charge >= 0.3 is 0 Å². The predicted molar refractivity (Wildman–Crippen MR) is 72.4 cm³/mol. The van der Waals surface area contributed by atoms with E-state index in [-0.39, 0.29) is 23.0 Å². The second-order valence-electron chi connectivity index (χ2n) is 4.90. The van der Waals surface area contributed by atoms with Crippen LogP contribution >= 0.6 is 0 Å². The molecule has 0 spiro atoms. The quantitative estimate of drug-likeness (QED) is 0.701. The highest BCUT2D eigenvalue weighted by atomic mass is 16.3. The van der Waals surface area contributed by atoms with Gasteiger partial charge < -0.3 is 20.4 Å². The number of nitrogens with zero attached hydrogens (tertiary/aromatic N) is 1. The molecular weight excluding hydrogens is 244 g/mol. The van der Waals surface area contributed by atoms with Crippen molar-refractivity contribution in [1.29, 1.82) is 0 Å². The Kier molecular flexibility index (Phi) is 4.63. The molecule has 1 heterocycles. The Hall–Kier alpha value is -1.75. The fourth-order valence-corrected chi connectivity index (χ4v) is 2.34. The van der Waals surface area contributed by atoms with E-state index < -0.39 is 0 Å². The van der Waals surface area contributed by atoms with Gasteiger partial charge in [-0.2, -0.15) is 0 Å². The molecule has 2 rings (SSSR count). The number of hydrogen-bond donors (Lipinski definition) is 3. The Bertz CT molecular complexity index is 422. The number of hydrogen-bond acceptors (Lipinski definition) is 4. The van der Waals surface area contributed by atoms with Gasteiger partial charge in [0.2, 0.25) is 0 Å². The summed E-state index contributed by atoms with van der Waals surface area (Å²) >= 11 is 0. The fraction of sp³-hybridized carbons (Fsp3) is 0.500. The smallest absolute Gasteiger partial charge is 0.251 e. The van der Waals surface area contributed by atoms with Crippen LogP contribution in [0.25, 0.3) is 0 Å². The summed E-state index contributed by atoms with van der Waals surface area (Å²) < 4.78 is 0. The lowest BCUT2D eigenvalue weighted by Gasteiger charge is -2.14. The van der Waals surface area contributed by atoms with Crippen molar-refractivity contribution in [2.75, 3.05) is 26.2 Å². The Morgan fingerprint density at radius 1 is 1.16 bits per heavy atom. The first-order chi connectivity index (χ1) is 9.15. The molecule has 0 unspecified atom stereocenters. The second-order valence-corrected chi connectivity index (χ2v) is 4.90. The molecule has 0 aromatic heterocycles. The standard InChI is InChI=1S/C14H20N2O3/c17-12-8-11(9-13(18)10-12)14(19)15-4-3-7-16-5-1-2-6-16/h8-10,17-18H,1-7H2,(H,15,19). The van der Waals surface area contributed by atoms with Crippen molar-refractivity contribution in [2.24, 2.45) is 0 Å². The van der Waals surface area contributed by atoms with E-state index in [0.29, 0.717) is 6.54 Å². The first-order valence-corrected chi connectivity index (χ1v) is 6.69. The first kappa shape index (κ1) is 13.7. The lowest BCUT2D eigenvalue weighted by Crippen LogP contribution is -2.28. The van der Waals surface area contributed by atoms with Gasteiger partial charge in [0, 0.05) is 18.2 Å². The highest BCUT2D eigenvalue weighted by molar-refractivity contribution is 5.95. The van der Waals surface area contributed by atoms with Crippen LogP contribution in [0.15, 0.2) is 18.2 Å². The van der Waals surface area contributed by atoms with E-state index in [1.54, 1.807) is 0 Å². The molecular formula is C14H20N2O3. The summed E-state index contributed by atoms with van der Waals surface area (Å²) in [6, 6.07) is 3.88. The van der Waals surface area contributed by atoms with Crippen molar-refractivity contribution >= 4 is 5.91 Å². The maximum Gasteiger partial charge on any atom is 0.251 e. The predicted octanol–water partition coefficient (Wildman–Crippen LogP) is 1.31. The summed E-state index contributed by atoms with van der Waals surface area (Å²) in [6.07, 6.45) is 3.46. The summed E-state index contributed by atoms with van der Waals surface area (Å²) in [7, 11) is 0. The van der Waals surface area contributed by atoms with Crippen molar-refractivity contribution in [2.45, 2.75) is 19.3 Å². The van der Waals surface area contributed by atoms with Crippen LogP contribution in [0.1, 0.15) is 29.6 Å². The van der Waals surface area contributed by atoms with Gasteiger partial charge in [-0.1, -0.05) is 0 Å². The van der Waals surface area contributed by atoms with E-state index >= 15 is 0 Å². The number of phenols is 2. The molecule has 0 atom stereocenters. The number of benzene rings is 1. The van der Waals surface area contributed by atoms with Crippen molar-refractivity contribution in [3.8, 4) is 11.5 Å². The third-order valence-corrected chi connectivity index (χ3v) is 3.30. The van der Waals surface area contributed by atoms with Crippen LogP contribution in [0.4, 0.5) is 0 Å². The summed E-state index contributed by atoms with van der Waals surface area (Å²) in [5, 5.41) is 21.4. The molecule has 5 nitrogen and oxygen atoms in total.